The Bertz CT molecular complexity index is 781. The van der Waals surface area contributed by atoms with Gasteiger partial charge in [0.1, 0.15) is 0 Å². The van der Waals surface area contributed by atoms with Crippen LogP contribution in [0.3, 0.4) is 0 Å². The van der Waals surface area contributed by atoms with Gasteiger partial charge in [0.15, 0.2) is 0 Å². The molecule has 1 aromatic heterocycles. The van der Waals surface area contributed by atoms with Gasteiger partial charge in [0, 0.05) is 17.1 Å². The first kappa shape index (κ1) is 13.4. The summed E-state index contributed by atoms with van der Waals surface area (Å²) >= 11 is 12.1. The molecule has 2 aromatic carbocycles. The van der Waals surface area contributed by atoms with Crippen LogP contribution in [0.4, 0.5) is 0 Å². The second-order valence-electron chi connectivity index (χ2n) is 4.70. The molecule has 0 aliphatic carbocycles. The average molecular weight is 302 g/mol. The molecule has 20 heavy (non-hydrogen) atoms. The van der Waals surface area contributed by atoms with E-state index in [2.05, 4.69) is 30.1 Å². The van der Waals surface area contributed by atoms with Gasteiger partial charge in [-0.1, -0.05) is 42.3 Å². The van der Waals surface area contributed by atoms with E-state index in [1.165, 1.54) is 5.56 Å². The maximum absolute atomic E-state index is 6.14. The third kappa shape index (κ3) is 2.39. The summed E-state index contributed by atoms with van der Waals surface area (Å²) in [6, 6.07) is 14.1. The van der Waals surface area contributed by atoms with E-state index in [0.717, 1.165) is 28.5 Å². The molecular weight excluding hydrogens is 289 g/mol. The molecule has 0 atom stereocenters. The van der Waals surface area contributed by atoms with E-state index in [4.69, 9.17) is 23.2 Å². The quantitative estimate of drug-likeness (QED) is 0.585. The van der Waals surface area contributed by atoms with Gasteiger partial charge in [-0.15, -0.1) is 0 Å². The van der Waals surface area contributed by atoms with Gasteiger partial charge in [-0.2, -0.15) is 0 Å². The summed E-state index contributed by atoms with van der Waals surface area (Å²) in [5.41, 5.74) is 4.41. The number of nitrogens with zero attached hydrogens (tertiary/aromatic N) is 1. The van der Waals surface area contributed by atoms with Gasteiger partial charge in [0.05, 0.1) is 15.6 Å². The molecule has 0 fully saturated rings. The highest BCUT2D eigenvalue weighted by atomic mass is 35.5. The van der Waals surface area contributed by atoms with Crippen LogP contribution in [-0.4, -0.2) is 4.98 Å². The lowest BCUT2D eigenvalue weighted by Gasteiger charge is -2.10. The number of hydrogen-bond acceptors (Lipinski definition) is 1. The normalized spacial score (nSPS) is 10.9. The Hall–Kier alpha value is -1.57. The van der Waals surface area contributed by atoms with Crippen molar-refractivity contribution in [1.82, 2.24) is 4.98 Å². The van der Waals surface area contributed by atoms with Crippen molar-refractivity contribution in [2.75, 3.05) is 0 Å². The van der Waals surface area contributed by atoms with Gasteiger partial charge in [-0.3, -0.25) is 4.98 Å². The van der Waals surface area contributed by atoms with Crippen molar-refractivity contribution < 1.29 is 0 Å². The van der Waals surface area contributed by atoms with Crippen LogP contribution in [0, 0.1) is 0 Å². The van der Waals surface area contributed by atoms with Crippen molar-refractivity contribution in [3.63, 3.8) is 0 Å². The van der Waals surface area contributed by atoms with E-state index in [1.54, 1.807) is 0 Å². The first-order valence-corrected chi connectivity index (χ1v) is 7.27. The Balaban J connectivity index is 2.30. The maximum Gasteiger partial charge on any atom is 0.0780 e. The van der Waals surface area contributed by atoms with Gasteiger partial charge in [-0.05, 0) is 47.9 Å². The van der Waals surface area contributed by atoms with Crippen LogP contribution < -0.4 is 0 Å². The van der Waals surface area contributed by atoms with Gasteiger partial charge in [-0.25, -0.2) is 0 Å². The number of halogens is 2. The molecule has 3 rings (SSSR count). The molecule has 0 aliphatic heterocycles. The molecule has 1 nitrogen and oxygen atoms in total. The fourth-order valence-corrected chi connectivity index (χ4v) is 2.64. The Morgan fingerprint density at radius 1 is 1.00 bits per heavy atom. The monoisotopic (exact) mass is 301 g/mol. The first-order chi connectivity index (χ1) is 9.69. The zero-order valence-electron chi connectivity index (χ0n) is 11.0. The molecule has 1 heterocycles. The molecular formula is C17H13Cl2N. The Kier molecular flexibility index (Phi) is 3.64. The summed E-state index contributed by atoms with van der Waals surface area (Å²) in [6.45, 7) is 2.15. The van der Waals surface area contributed by atoms with Crippen molar-refractivity contribution >= 4 is 34.1 Å². The van der Waals surface area contributed by atoms with Crippen molar-refractivity contribution in [3.05, 3.63) is 64.3 Å². The van der Waals surface area contributed by atoms with Crippen LogP contribution in [0.25, 0.3) is 22.0 Å². The van der Waals surface area contributed by atoms with Crippen LogP contribution >= 0.6 is 23.2 Å². The fraction of sp³-hybridized carbons (Fsp3) is 0.118. The molecule has 0 unspecified atom stereocenters. The van der Waals surface area contributed by atoms with Gasteiger partial charge >= 0.3 is 0 Å². The highest BCUT2D eigenvalue weighted by Crippen LogP contribution is 2.33. The largest absolute Gasteiger partial charge is 0.256 e. The van der Waals surface area contributed by atoms with E-state index in [0.29, 0.717) is 10.0 Å². The van der Waals surface area contributed by atoms with Crippen LogP contribution in [0.2, 0.25) is 10.0 Å². The third-order valence-corrected chi connectivity index (χ3v) is 4.14. The summed E-state index contributed by atoms with van der Waals surface area (Å²) in [6.07, 6.45) is 2.80. The predicted octanol–water partition coefficient (Wildman–Crippen LogP) is 5.77. The van der Waals surface area contributed by atoms with E-state index in [9.17, 15) is 0 Å². The lowest BCUT2D eigenvalue weighted by Crippen LogP contribution is -1.89. The zero-order valence-corrected chi connectivity index (χ0v) is 12.5. The van der Waals surface area contributed by atoms with Gasteiger partial charge in [0.2, 0.25) is 0 Å². The average Bonchev–Trinajstić information content (AvgIpc) is 2.49. The minimum absolute atomic E-state index is 0.565. The number of aryl methyl sites for hydroxylation is 1. The molecule has 0 saturated heterocycles. The fourth-order valence-electron chi connectivity index (χ4n) is 2.34. The van der Waals surface area contributed by atoms with Crippen LogP contribution in [0.1, 0.15) is 12.5 Å². The Morgan fingerprint density at radius 2 is 1.85 bits per heavy atom. The Morgan fingerprint density at radius 3 is 2.60 bits per heavy atom. The molecule has 0 radical (unpaired) electrons. The second-order valence-corrected chi connectivity index (χ2v) is 5.52. The highest BCUT2D eigenvalue weighted by molar-refractivity contribution is 6.42. The predicted molar refractivity (Wildman–Crippen MR) is 86.6 cm³/mol. The number of benzene rings is 2. The molecule has 0 bridgehead atoms. The highest BCUT2D eigenvalue weighted by Gasteiger charge is 2.08. The van der Waals surface area contributed by atoms with Crippen LogP contribution in [-0.2, 0) is 6.42 Å². The molecule has 100 valence electrons. The van der Waals surface area contributed by atoms with E-state index in [1.807, 2.05) is 30.5 Å². The summed E-state index contributed by atoms with van der Waals surface area (Å²) in [5, 5.41) is 2.28. The topological polar surface area (TPSA) is 12.9 Å². The Labute approximate surface area is 128 Å². The van der Waals surface area contributed by atoms with Crippen LogP contribution in [0.15, 0.2) is 48.7 Å². The smallest absolute Gasteiger partial charge is 0.0780 e. The summed E-state index contributed by atoms with van der Waals surface area (Å²) in [4.78, 5) is 4.51. The van der Waals surface area contributed by atoms with Gasteiger partial charge < -0.3 is 0 Å². The van der Waals surface area contributed by atoms with Crippen molar-refractivity contribution in [2.45, 2.75) is 13.3 Å². The van der Waals surface area contributed by atoms with E-state index in [-0.39, 0.29) is 0 Å². The second kappa shape index (κ2) is 5.43. The van der Waals surface area contributed by atoms with E-state index >= 15 is 0 Å². The molecule has 0 saturated carbocycles. The molecule has 0 spiro atoms. The minimum atomic E-state index is 0.565. The number of pyridine rings is 1. The standard InChI is InChI=1S/C17H13Cl2N/c1-2-11-8-13-4-3-7-20-17(13)14(9-11)12-5-6-15(18)16(19)10-12/h3-10H,2H2,1H3. The van der Waals surface area contributed by atoms with Gasteiger partial charge in [0.25, 0.3) is 0 Å². The van der Waals surface area contributed by atoms with Crippen molar-refractivity contribution in [2.24, 2.45) is 0 Å². The zero-order chi connectivity index (χ0) is 14.1. The van der Waals surface area contributed by atoms with Crippen molar-refractivity contribution in [3.8, 4) is 11.1 Å². The summed E-state index contributed by atoms with van der Waals surface area (Å²) in [5.74, 6) is 0. The number of fused-ring (bicyclic) bond motifs is 1. The lowest BCUT2D eigenvalue weighted by molar-refractivity contribution is 1.14. The van der Waals surface area contributed by atoms with Crippen molar-refractivity contribution in [1.29, 1.82) is 0 Å². The molecule has 0 N–H and O–H groups in total. The molecule has 0 aliphatic rings. The molecule has 3 aromatic rings. The molecule has 3 heteroatoms. The summed E-state index contributed by atoms with van der Waals surface area (Å²) in [7, 11) is 0. The maximum atomic E-state index is 6.14. The first-order valence-electron chi connectivity index (χ1n) is 6.52. The van der Waals surface area contributed by atoms with E-state index < -0.39 is 0 Å². The number of rotatable bonds is 2. The summed E-state index contributed by atoms with van der Waals surface area (Å²) < 4.78 is 0. The lowest BCUT2D eigenvalue weighted by atomic mass is 9.98. The molecule has 0 amide bonds. The van der Waals surface area contributed by atoms with Crippen LogP contribution in [0.5, 0.6) is 0 Å². The minimum Gasteiger partial charge on any atom is -0.256 e. The number of hydrogen-bond donors (Lipinski definition) is 0. The SMILES string of the molecule is CCc1cc(-c2ccc(Cl)c(Cl)c2)c2ncccc2c1. The number of aromatic nitrogens is 1. The third-order valence-electron chi connectivity index (χ3n) is 3.40.